The lowest BCUT2D eigenvalue weighted by Crippen LogP contribution is -2.37. The van der Waals surface area contributed by atoms with Crippen molar-refractivity contribution >= 4 is 0 Å². The molecule has 0 aromatic heterocycles. The quantitative estimate of drug-likeness (QED) is 0.629. The Morgan fingerprint density at radius 3 is 2.92 bits per heavy atom. The minimum absolute atomic E-state index is 0.823. The molecule has 12 heavy (non-hydrogen) atoms. The van der Waals surface area contributed by atoms with Crippen LogP contribution in [0.4, 0.5) is 0 Å². The summed E-state index contributed by atoms with van der Waals surface area (Å²) in [6.45, 7) is 6.80. The lowest BCUT2D eigenvalue weighted by Gasteiger charge is -2.24. The number of nitrogens with zero attached hydrogens (tertiary/aromatic N) is 1. The highest BCUT2D eigenvalue weighted by Crippen LogP contribution is 1.98. The fourth-order valence-electron chi connectivity index (χ4n) is 1.60. The predicted molar refractivity (Wildman–Crippen MR) is 52.2 cm³/mol. The zero-order valence-corrected chi connectivity index (χ0v) is 7.89. The van der Waals surface area contributed by atoms with Gasteiger partial charge in [0.2, 0.25) is 0 Å². The molecule has 1 fully saturated rings. The predicted octanol–water partition coefficient (Wildman–Crippen LogP) is 0.0206. The molecule has 0 unspecified atom stereocenters. The van der Waals surface area contributed by atoms with Gasteiger partial charge < -0.3 is 16.0 Å². The molecule has 1 saturated heterocycles. The molecule has 0 aromatic rings. The number of nitrogens with two attached hydrogens (primary N) is 1. The van der Waals surface area contributed by atoms with Crippen LogP contribution in [-0.4, -0.2) is 44.2 Å². The zero-order valence-electron chi connectivity index (χ0n) is 7.89. The van der Waals surface area contributed by atoms with Gasteiger partial charge in [0.15, 0.2) is 0 Å². The van der Waals surface area contributed by atoms with Gasteiger partial charge in [-0.25, -0.2) is 0 Å². The van der Waals surface area contributed by atoms with Gasteiger partial charge in [-0.15, -0.1) is 0 Å². The van der Waals surface area contributed by atoms with Crippen LogP contribution >= 0.6 is 0 Å². The molecular formula is C9H21N3. The van der Waals surface area contributed by atoms with Crippen molar-refractivity contribution in [2.24, 2.45) is 5.73 Å². The van der Waals surface area contributed by atoms with Crippen molar-refractivity contribution in [1.29, 1.82) is 0 Å². The summed E-state index contributed by atoms with van der Waals surface area (Å²) < 4.78 is 0. The lowest BCUT2D eigenvalue weighted by molar-refractivity contribution is 0.253. The molecule has 1 rings (SSSR count). The molecule has 0 bridgehead atoms. The van der Waals surface area contributed by atoms with Gasteiger partial charge in [0, 0.05) is 13.1 Å². The molecule has 1 heterocycles. The van der Waals surface area contributed by atoms with Crippen LogP contribution in [0.1, 0.15) is 19.3 Å². The van der Waals surface area contributed by atoms with E-state index in [2.05, 4.69) is 10.2 Å². The molecule has 0 atom stereocenters. The molecule has 1 aliphatic heterocycles. The minimum atomic E-state index is 0.823. The lowest BCUT2D eigenvalue weighted by atomic mass is 10.2. The summed E-state index contributed by atoms with van der Waals surface area (Å²) in [7, 11) is 0. The summed E-state index contributed by atoms with van der Waals surface area (Å²) in [6.07, 6.45) is 3.79. The third kappa shape index (κ3) is 4.04. The first-order chi connectivity index (χ1) is 5.93. The average Bonchev–Trinajstić information content (AvgIpc) is 2.02. The van der Waals surface area contributed by atoms with Crippen LogP contribution in [0, 0.1) is 0 Å². The monoisotopic (exact) mass is 171 g/mol. The molecule has 0 amide bonds. The van der Waals surface area contributed by atoms with Gasteiger partial charge in [0.05, 0.1) is 0 Å². The van der Waals surface area contributed by atoms with E-state index in [-0.39, 0.29) is 0 Å². The molecule has 0 aliphatic carbocycles. The Morgan fingerprint density at radius 2 is 2.08 bits per heavy atom. The van der Waals surface area contributed by atoms with Gasteiger partial charge in [0.25, 0.3) is 0 Å². The van der Waals surface area contributed by atoms with E-state index >= 15 is 0 Å². The molecule has 0 spiro atoms. The van der Waals surface area contributed by atoms with Gasteiger partial charge in [-0.3, -0.25) is 0 Å². The van der Waals surface area contributed by atoms with Crippen LogP contribution < -0.4 is 11.1 Å². The summed E-state index contributed by atoms with van der Waals surface area (Å²) in [5, 5.41) is 3.42. The molecule has 0 saturated carbocycles. The average molecular weight is 171 g/mol. The Balaban J connectivity index is 2.11. The van der Waals surface area contributed by atoms with Crippen molar-refractivity contribution in [1.82, 2.24) is 10.2 Å². The van der Waals surface area contributed by atoms with E-state index in [1.165, 1.54) is 39.0 Å². The van der Waals surface area contributed by atoms with E-state index in [9.17, 15) is 0 Å². The second kappa shape index (κ2) is 6.40. The zero-order chi connectivity index (χ0) is 8.65. The van der Waals surface area contributed by atoms with Crippen molar-refractivity contribution < 1.29 is 0 Å². The summed E-state index contributed by atoms with van der Waals surface area (Å²) in [5.74, 6) is 0. The molecule has 3 N–H and O–H groups in total. The molecule has 72 valence electrons. The fourth-order valence-corrected chi connectivity index (χ4v) is 1.60. The first-order valence-corrected chi connectivity index (χ1v) is 5.06. The van der Waals surface area contributed by atoms with Crippen molar-refractivity contribution in [3.8, 4) is 0 Å². The van der Waals surface area contributed by atoms with Crippen LogP contribution in [0.25, 0.3) is 0 Å². The maximum absolute atomic E-state index is 5.47. The van der Waals surface area contributed by atoms with Gasteiger partial charge in [0.1, 0.15) is 0 Å². The van der Waals surface area contributed by atoms with E-state index in [1.54, 1.807) is 0 Å². The van der Waals surface area contributed by atoms with E-state index in [1.807, 2.05) is 0 Å². The van der Waals surface area contributed by atoms with E-state index in [0.717, 1.165) is 19.5 Å². The third-order valence-corrected chi connectivity index (χ3v) is 2.36. The van der Waals surface area contributed by atoms with E-state index in [0.29, 0.717) is 0 Å². The third-order valence-electron chi connectivity index (χ3n) is 2.36. The number of hydrogen-bond donors (Lipinski definition) is 2. The Bertz CT molecular complexity index is 95.2. The second-order valence-electron chi connectivity index (χ2n) is 3.44. The van der Waals surface area contributed by atoms with Gasteiger partial charge in [-0.05, 0) is 45.4 Å². The standard InChI is InChI=1S/C9H21N3/c10-4-3-8-12-7-2-1-5-11-6-9-12/h11H,1-10H2. The molecule has 0 aromatic carbocycles. The minimum Gasteiger partial charge on any atom is -0.330 e. The highest BCUT2D eigenvalue weighted by molar-refractivity contribution is 4.64. The van der Waals surface area contributed by atoms with E-state index < -0.39 is 0 Å². The van der Waals surface area contributed by atoms with E-state index in [4.69, 9.17) is 5.73 Å². The van der Waals surface area contributed by atoms with Crippen LogP contribution in [0.2, 0.25) is 0 Å². The summed E-state index contributed by atoms with van der Waals surface area (Å²) in [4.78, 5) is 2.51. The van der Waals surface area contributed by atoms with Crippen LogP contribution in [-0.2, 0) is 0 Å². The van der Waals surface area contributed by atoms with Crippen LogP contribution in [0.3, 0.4) is 0 Å². The van der Waals surface area contributed by atoms with Crippen LogP contribution in [0.15, 0.2) is 0 Å². The summed E-state index contributed by atoms with van der Waals surface area (Å²) in [5.41, 5.74) is 5.47. The first kappa shape index (κ1) is 9.96. The number of hydrogen-bond acceptors (Lipinski definition) is 3. The Labute approximate surface area is 75.3 Å². The van der Waals surface area contributed by atoms with Crippen molar-refractivity contribution in [2.75, 3.05) is 39.3 Å². The van der Waals surface area contributed by atoms with Crippen molar-refractivity contribution in [3.63, 3.8) is 0 Å². The van der Waals surface area contributed by atoms with Gasteiger partial charge in [-0.1, -0.05) is 0 Å². The smallest absolute Gasteiger partial charge is 0.0107 e. The second-order valence-corrected chi connectivity index (χ2v) is 3.44. The van der Waals surface area contributed by atoms with Crippen molar-refractivity contribution in [2.45, 2.75) is 19.3 Å². The fraction of sp³-hybridized carbons (Fsp3) is 1.00. The largest absolute Gasteiger partial charge is 0.330 e. The summed E-state index contributed by atoms with van der Waals surface area (Å²) >= 11 is 0. The Hall–Kier alpha value is -0.120. The molecular weight excluding hydrogens is 150 g/mol. The highest BCUT2D eigenvalue weighted by atomic mass is 15.1. The molecule has 3 nitrogen and oxygen atoms in total. The maximum Gasteiger partial charge on any atom is 0.0107 e. The SMILES string of the molecule is NCCCN1CCCCNCC1. The maximum atomic E-state index is 5.47. The normalized spacial score (nSPS) is 21.8. The van der Waals surface area contributed by atoms with Gasteiger partial charge >= 0.3 is 0 Å². The number of rotatable bonds is 3. The molecule has 1 aliphatic rings. The summed E-state index contributed by atoms with van der Waals surface area (Å²) in [6, 6.07) is 0. The number of nitrogens with one attached hydrogen (secondary N) is 1. The van der Waals surface area contributed by atoms with Crippen LogP contribution in [0.5, 0.6) is 0 Å². The topological polar surface area (TPSA) is 41.3 Å². The molecule has 0 radical (unpaired) electrons. The Morgan fingerprint density at radius 1 is 1.17 bits per heavy atom. The van der Waals surface area contributed by atoms with Gasteiger partial charge in [-0.2, -0.15) is 0 Å². The highest BCUT2D eigenvalue weighted by Gasteiger charge is 2.05. The molecule has 3 heteroatoms. The van der Waals surface area contributed by atoms with Crippen molar-refractivity contribution in [3.05, 3.63) is 0 Å². The Kier molecular flexibility index (Phi) is 5.32. The first-order valence-electron chi connectivity index (χ1n) is 5.06.